The first-order valence-corrected chi connectivity index (χ1v) is 7.38. The fourth-order valence-electron chi connectivity index (χ4n) is 3.06. The summed E-state index contributed by atoms with van der Waals surface area (Å²) in [7, 11) is 0. The molecule has 6 nitrogen and oxygen atoms in total. The zero-order chi connectivity index (χ0) is 15.0. The predicted molar refractivity (Wildman–Crippen MR) is 79.5 cm³/mol. The van der Waals surface area contributed by atoms with Crippen LogP contribution in [0.5, 0.6) is 0 Å². The molecule has 0 aromatic carbocycles. The van der Waals surface area contributed by atoms with Crippen LogP contribution in [0.2, 0.25) is 0 Å². The quantitative estimate of drug-likeness (QED) is 0.894. The van der Waals surface area contributed by atoms with Crippen LogP contribution >= 0.6 is 0 Å². The summed E-state index contributed by atoms with van der Waals surface area (Å²) in [6, 6.07) is 5.44. The van der Waals surface area contributed by atoms with Gasteiger partial charge in [-0.3, -0.25) is 9.20 Å². The van der Waals surface area contributed by atoms with Gasteiger partial charge in [0.1, 0.15) is 0 Å². The zero-order valence-corrected chi connectivity index (χ0v) is 12.4. The summed E-state index contributed by atoms with van der Waals surface area (Å²) in [6.07, 6.45) is 4.66. The molecule has 1 saturated carbocycles. The average molecular weight is 287 g/mol. The van der Waals surface area contributed by atoms with Crippen LogP contribution in [0.3, 0.4) is 0 Å². The Morgan fingerprint density at radius 3 is 3.05 bits per heavy atom. The third kappa shape index (κ3) is 2.29. The van der Waals surface area contributed by atoms with Crippen LogP contribution in [0.25, 0.3) is 5.65 Å². The van der Waals surface area contributed by atoms with Crippen LogP contribution in [-0.4, -0.2) is 26.5 Å². The summed E-state index contributed by atoms with van der Waals surface area (Å²) in [5, 5.41) is 11.3. The first-order valence-electron chi connectivity index (χ1n) is 7.38. The molecule has 3 N–H and O–H groups in total. The minimum atomic E-state index is -0.477. The van der Waals surface area contributed by atoms with E-state index in [1.54, 1.807) is 0 Å². The highest BCUT2D eigenvalue weighted by Gasteiger charge is 2.43. The van der Waals surface area contributed by atoms with E-state index in [4.69, 9.17) is 5.73 Å². The van der Waals surface area contributed by atoms with E-state index in [2.05, 4.69) is 15.5 Å². The molecular formula is C15H21N5O. The van der Waals surface area contributed by atoms with Gasteiger partial charge in [-0.2, -0.15) is 0 Å². The predicted octanol–water partition coefficient (Wildman–Crippen LogP) is 1.42. The third-order valence-corrected chi connectivity index (χ3v) is 4.62. The lowest BCUT2D eigenvalue weighted by molar-refractivity contribution is -0.131. The van der Waals surface area contributed by atoms with Gasteiger partial charge in [0.25, 0.3) is 0 Å². The maximum absolute atomic E-state index is 12.6. The van der Waals surface area contributed by atoms with Gasteiger partial charge in [-0.05, 0) is 38.8 Å². The lowest BCUT2D eigenvalue weighted by atomic mass is 9.84. The molecule has 21 heavy (non-hydrogen) atoms. The second-order valence-corrected chi connectivity index (χ2v) is 6.10. The standard InChI is InChI=1S/C15H21N5O/c1-10(13-19-18-12-7-3-4-9-20(12)13)17-14(21)15(2)8-5-6-11(15)16/h3-4,7,9-11H,5-6,8,16H2,1-2H3,(H,17,21). The number of amides is 1. The molecule has 0 bridgehead atoms. The largest absolute Gasteiger partial charge is 0.346 e. The molecular weight excluding hydrogens is 266 g/mol. The van der Waals surface area contributed by atoms with Gasteiger partial charge >= 0.3 is 0 Å². The number of aromatic nitrogens is 3. The Balaban J connectivity index is 1.80. The summed E-state index contributed by atoms with van der Waals surface area (Å²) in [6.45, 7) is 3.87. The number of nitrogens with one attached hydrogen (secondary N) is 1. The van der Waals surface area contributed by atoms with E-state index in [0.29, 0.717) is 0 Å². The summed E-state index contributed by atoms with van der Waals surface area (Å²) in [5.41, 5.74) is 6.40. The van der Waals surface area contributed by atoms with Gasteiger partial charge in [0.05, 0.1) is 11.5 Å². The number of hydrogen-bond acceptors (Lipinski definition) is 4. The maximum Gasteiger partial charge on any atom is 0.228 e. The van der Waals surface area contributed by atoms with Crippen LogP contribution in [0.15, 0.2) is 24.4 Å². The van der Waals surface area contributed by atoms with Gasteiger partial charge in [-0.1, -0.05) is 12.5 Å². The van der Waals surface area contributed by atoms with Crippen molar-refractivity contribution >= 4 is 11.6 Å². The Morgan fingerprint density at radius 2 is 2.33 bits per heavy atom. The van der Waals surface area contributed by atoms with Crippen LogP contribution < -0.4 is 11.1 Å². The van der Waals surface area contributed by atoms with Gasteiger partial charge in [0, 0.05) is 12.2 Å². The fourth-order valence-corrected chi connectivity index (χ4v) is 3.06. The van der Waals surface area contributed by atoms with E-state index in [9.17, 15) is 4.79 Å². The van der Waals surface area contributed by atoms with Gasteiger partial charge < -0.3 is 11.1 Å². The normalized spacial score (nSPS) is 26.9. The second kappa shape index (κ2) is 5.11. The number of carbonyl (C=O) groups is 1. The van der Waals surface area contributed by atoms with Gasteiger partial charge in [-0.25, -0.2) is 0 Å². The SMILES string of the molecule is CC(NC(=O)C1(C)CCCC1N)c1nnc2ccccn12. The fraction of sp³-hybridized carbons (Fsp3) is 0.533. The Bertz CT molecular complexity index is 667. The number of rotatable bonds is 3. The minimum Gasteiger partial charge on any atom is -0.346 e. The summed E-state index contributed by atoms with van der Waals surface area (Å²) in [4.78, 5) is 12.6. The number of nitrogens with zero attached hydrogens (tertiary/aromatic N) is 3. The molecule has 3 atom stereocenters. The third-order valence-electron chi connectivity index (χ3n) is 4.62. The van der Waals surface area contributed by atoms with Crippen molar-refractivity contribution in [2.24, 2.45) is 11.1 Å². The lowest BCUT2D eigenvalue weighted by Crippen LogP contribution is -2.48. The Hall–Kier alpha value is -1.95. The smallest absolute Gasteiger partial charge is 0.228 e. The molecule has 1 fully saturated rings. The monoisotopic (exact) mass is 287 g/mol. The van der Waals surface area contributed by atoms with Crippen molar-refractivity contribution in [2.45, 2.75) is 45.2 Å². The minimum absolute atomic E-state index is 0.00711. The van der Waals surface area contributed by atoms with Crippen LogP contribution in [0.4, 0.5) is 0 Å². The topological polar surface area (TPSA) is 85.3 Å². The van der Waals surface area contributed by atoms with Crippen molar-refractivity contribution in [2.75, 3.05) is 0 Å². The van der Waals surface area contributed by atoms with Crippen molar-refractivity contribution < 1.29 is 4.79 Å². The highest BCUT2D eigenvalue weighted by molar-refractivity contribution is 5.83. The maximum atomic E-state index is 12.6. The first-order chi connectivity index (χ1) is 10.0. The molecule has 6 heteroatoms. The first kappa shape index (κ1) is 14.0. The van der Waals surface area contributed by atoms with Crippen LogP contribution in [0.1, 0.15) is 45.0 Å². The van der Waals surface area contributed by atoms with Gasteiger partial charge in [-0.15, -0.1) is 10.2 Å². The van der Waals surface area contributed by atoms with E-state index >= 15 is 0 Å². The zero-order valence-electron chi connectivity index (χ0n) is 12.4. The summed E-state index contributed by atoms with van der Waals surface area (Å²) >= 11 is 0. The van der Waals surface area contributed by atoms with E-state index in [1.807, 2.05) is 42.6 Å². The molecule has 1 aliphatic rings. The number of hydrogen-bond donors (Lipinski definition) is 2. The summed E-state index contributed by atoms with van der Waals surface area (Å²) in [5.74, 6) is 0.738. The summed E-state index contributed by atoms with van der Waals surface area (Å²) < 4.78 is 1.89. The van der Waals surface area contributed by atoms with Crippen molar-refractivity contribution in [1.82, 2.24) is 19.9 Å². The molecule has 2 aromatic heterocycles. The van der Waals surface area contributed by atoms with Crippen molar-refractivity contribution in [3.8, 4) is 0 Å². The van der Waals surface area contributed by atoms with E-state index < -0.39 is 5.41 Å². The Kier molecular flexibility index (Phi) is 3.41. The highest BCUT2D eigenvalue weighted by Crippen LogP contribution is 2.37. The molecule has 0 aliphatic heterocycles. The van der Waals surface area contributed by atoms with Crippen LogP contribution in [0, 0.1) is 5.41 Å². The van der Waals surface area contributed by atoms with Gasteiger partial charge in [0.2, 0.25) is 5.91 Å². The second-order valence-electron chi connectivity index (χ2n) is 6.10. The Labute approximate surface area is 123 Å². The van der Waals surface area contributed by atoms with Crippen molar-refractivity contribution in [1.29, 1.82) is 0 Å². The molecule has 1 amide bonds. The van der Waals surface area contributed by atoms with Crippen molar-refractivity contribution in [3.63, 3.8) is 0 Å². The molecule has 3 unspecified atom stereocenters. The molecule has 3 rings (SSSR count). The molecule has 0 saturated heterocycles. The van der Waals surface area contributed by atoms with E-state index in [-0.39, 0.29) is 18.0 Å². The van der Waals surface area contributed by atoms with E-state index in [0.717, 1.165) is 30.7 Å². The van der Waals surface area contributed by atoms with Crippen molar-refractivity contribution in [3.05, 3.63) is 30.2 Å². The molecule has 112 valence electrons. The van der Waals surface area contributed by atoms with E-state index in [1.165, 1.54) is 0 Å². The molecule has 2 aromatic rings. The highest BCUT2D eigenvalue weighted by atomic mass is 16.2. The average Bonchev–Trinajstić information content (AvgIpc) is 3.04. The number of carbonyl (C=O) groups excluding carboxylic acids is 1. The Morgan fingerprint density at radius 1 is 1.52 bits per heavy atom. The molecule has 0 spiro atoms. The lowest BCUT2D eigenvalue weighted by Gasteiger charge is -2.29. The molecule has 1 aliphatic carbocycles. The number of fused-ring (bicyclic) bond motifs is 1. The number of pyridine rings is 1. The van der Waals surface area contributed by atoms with Crippen LogP contribution in [-0.2, 0) is 4.79 Å². The molecule has 2 heterocycles. The molecule has 0 radical (unpaired) electrons. The number of nitrogens with two attached hydrogens (primary N) is 1. The van der Waals surface area contributed by atoms with Gasteiger partial charge in [0.15, 0.2) is 11.5 Å².